The van der Waals surface area contributed by atoms with E-state index in [0.29, 0.717) is 6.04 Å². The number of piperidine rings is 1. The average Bonchev–Trinajstić information content (AvgIpc) is 3.53. The summed E-state index contributed by atoms with van der Waals surface area (Å²) in [5.74, 6) is 0.791. The van der Waals surface area contributed by atoms with Crippen LogP contribution in [0.15, 0.2) is 60.9 Å². The fourth-order valence-electron chi connectivity index (χ4n) is 5.37. The largest absolute Gasteiger partial charge is 0.371 e. The van der Waals surface area contributed by atoms with Crippen LogP contribution in [0.4, 0.5) is 5.82 Å². The van der Waals surface area contributed by atoms with Crippen LogP contribution in [0.2, 0.25) is 0 Å². The molecule has 1 atom stereocenters. The molecule has 1 unspecified atom stereocenters. The third-order valence-electron chi connectivity index (χ3n) is 7.40. The van der Waals surface area contributed by atoms with Gasteiger partial charge in [-0.2, -0.15) is 0 Å². The summed E-state index contributed by atoms with van der Waals surface area (Å²) in [5.41, 5.74) is 6.60. The van der Waals surface area contributed by atoms with E-state index in [0.717, 1.165) is 57.4 Å². The zero-order valence-corrected chi connectivity index (χ0v) is 22.4. The number of anilines is 1. The van der Waals surface area contributed by atoms with Gasteiger partial charge in [0.25, 0.3) is 0 Å². The Kier molecular flexibility index (Phi) is 6.63. The van der Waals surface area contributed by atoms with Crippen LogP contribution in [0.1, 0.15) is 36.9 Å². The number of nitrogens with one attached hydrogen (secondary N) is 2. The van der Waals surface area contributed by atoms with E-state index in [2.05, 4.69) is 82.0 Å². The number of aryl methyl sites for hydroxylation is 1. The first-order valence-electron chi connectivity index (χ1n) is 13.0. The fraction of sp³-hybridized carbons (Fsp3) is 0.345. The predicted molar refractivity (Wildman–Crippen MR) is 153 cm³/mol. The molecule has 8 heteroatoms. The van der Waals surface area contributed by atoms with Gasteiger partial charge >= 0.3 is 0 Å². The van der Waals surface area contributed by atoms with Gasteiger partial charge < -0.3 is 15.2 Å². The van der Waals surface area contributed by atoms with Crippen molar-refractivity contribution in [1.82, 2.24) is 29.7 Å². The number of pyridine rings is 1. The van der Waals surface area contributed by atoms with Crippen molar-refractivity contribution < 1.29 is 0 Å². The smallest absolute Gasteiger partial charge is 0.155 e. The summed E-state index contributed by atoms with van der Waals surface area (Å²) >= 11 is 1.63. The topological polar surface area (TPSA) is 70.9 Å². The molecule has 190 valence electrons. The lowest BCUT2D eigenvalue weighted by atomic mass is 10.00. The van der Waals surface area contributed by atoms with Crippen LogP contribution in [0.5, 0.6) is 0 Å². The van der Waals surface area contributed by atoms with Crippen molar-refractivity contribution in [2.45, 2.75) is 38.4 Å². The maximum atomic E-state index is 5.02. The summed E-state index contributed by atoms with van der Waals surface area (Å²) < 4.78 is 2.03. The van der Waals surface area contributed by atoms with Crippen LogP contribution in [0.3, 0.4) is 0 Å². The first-order chi connectivity index (χ1) is 18.1. The lowest BCUT2D eigenvalue weighted by Crippen LogP contribution is -2.42. The number of likely N-dealkylation sites (tertiary alicyclic amines) is 1. The van der Waals surface area contributed by atoms with Crippen molar-refractivity contribution in [3.05, 3.63) is 72.1 Å². The lowest BCUT2D eigenvalue weighted by molar-refractivity contribution is 0.185. The number of hydrogen-bond acceptors (Lipinski definition) is 7. The van der Waals surface area contributed by atoms with Gasteiger partial charge in [-0.1, -0.05) is 59.9 Å². The van der Waals surface area contributed by atoms with Crippen molar-refractivity contribution in [1.29, 1.82) is 0 Å². The molecule has 3 aromatic heterocycles. The first-order valence-corrected chi connectivity index (χ1v) is 13.8. The van der Waals surface area contributed by atoms with E-state index in [1.165, 1.54) is 24.0 Å². The lowest BCUT2D eigenvalue weighted by Gasteiger charge is -2.34. The zero-order chi connectivity index (χ0) is 25.4. The molecule has 4 heterocycles. The Morgan fingerprint density at radius 1 is 1.03 bits per heavy atom. The molecule has 0 radical (unpaired) electrons. The molecule has 0 aliphatic carbocycles. The van der Waals surface area contributed by atoms with Gasteiger partial charge in [0.1, 0.15) is 26.4 Å². The molecule has 5 aromatic rings. The molecule has 6 rings (SSSR count). The second-order valence-corrected chi connectivity index (χ2v) is 11.0. The number of rotatable bonds is 7. The predicted octanol–water partition coefficient (Wildman–Crippen LogP) is 5.60. The van der Waals surface area contributed by atoms with Crippen molar-refractivity contribution in [2.75, 3.05) is 25.5 Å². The second kappa shape index (κ2) is 10.2. The second-order valence-electron chi connectivity index (χ2n) is 9.99. The van der Waals surface area contributed by atoms with Gasteiger partial charge in [-0.05, 0) is 50.0 Å². The van der Waals surface area contributed by atoms with E-state index in [4.69, 9.17) is 9.97 Å². The minimum absolute atomic E-state index is 0.276. The Hall–Kier alpha value is -3.33. The van der Waals surface area contributed by atoms with E-state index in [9.17, 15) is 0 Å². The standard InChI is InChI=1S/C29H33N7S/c1-19(32-23-12-14-36(15-13-23)17-20-8-5-4-6-9-20)21-10-7-11-22(16-21)28-33-25-26-24(31-18-35(26)3)27(30-2)34-29(25)37-28/h4-11,16,18-19,23,32H,12-15,17H2,1-3H3,(H,30,34). The molecule has 2 aromatic carbocycles. The van der Waals surface area contributed by atoms with Crippen molar-refractivity contribution in [3.63, 3.8) is 0 Å². The van der Waals surface area contributed by atoms with Gasteiger partial charge in [-0.3, -0.25) is 4.90 Å². The molecule has 0 bridgehead atoms. The summed E-state index contributed by atoms with van der Waals surface area (Å²) in [6, 6.07) is 20.4. The zero-order valence-electron chi connectivity index (χ0n) is 21.6. The Labute approximate surface area is 221 Å². The maximum absolute atomic E-state index is 5.02. The van der Waals surface area contributed by atoms with Gasteiger partial charge in [-0.15, -0.1) is 0 Å². The molecule has 2 N–H and O–H groups in total. The van der Waals surface area contributed by atoms with Crippen molar-refractivity contribution in [3.8, 4) is 10.6 Å². The Balaban J connectivity index is 1.16. The highest BCUT2D eigenvalue weighted by Crippen LogP contribution is 2.35. The van der Waals surface area contributed by atoms with Crippen LogP contribution in [0, 0.1) is 0 Å². The monoisotopic (exact) mass is 511 g/mol. The molecule has 0 amide bonds. The normalized spacial score (nSPS) is 16.0. The van der Waals surface area contributed by atoms with Crippen LogP contribution in [-0.2, 0) is 13.6 Å². The average molecular weight is 512 g/mol. The molecular weight excluding hydrogens is 478 g/mol. The molecule has 1 saturated heterocycles. The Bertz CT molecular complexity index is 1520. The summed E-state index contributed by atoms with van der Waals surface area (Å²) in [6.45, 7) is 5.58. The van der Waals surface area contributed by atoms with E-state index in [-0.39, 0.29) is 6.04 Å². The summed E-state index contributed by atoms with van der Waals surface area (Å²) in [4.78, 5) is 17.8. The Morgan fingerprint density at radius 2 is 1.84 bits per heavy atom. The SMILES string of the molecule is CNc1nc2sc(-c3cccc(C(C)NC4CCN(Cc5ccccc5)CC4)c3)nc2c2c1ncn2C. The highest BCUT2D eigenvalue weighted by atomic mass is 32.1. The third-order valence-corrected chi connectivity index (χ3v) is 8.40. The van der Waals surface area contributed by atoms with E-state index >= 15 is 0 Å². The third kappa shape index (κ3) is 4.84. The molecular formula is C29H33N7S. The summed E-state index contributed by atoms with van der Waals surface area (Å²) in [7, 11) is 3.89. The van der Waals surface area contributed by atoms with Crippen LogP contribution in [-0.4, -0.2) is 50.6 Å². The maximum Gasteiger partial charge on any atom is 0.155 e. The first kappa shape index (κ1) is 24.0. The van der Waals surface area contributed by atoms with Crippen molar-refractivity contribution in [2.24, 2.45) is 7.05 Å². The van der Waals surface area contributed by atoms with E-state index < -0.39 is 0 Å². The Morgan fingerprint density at radius 3 is 2.62 bits per heavy atom. The van der Waals surface area contributed by atoms with Gasteiger partial charge in [0.2, 0.25) is 0 Å². The summed E-state index contributed by atoms with van der Waals surface area (Å²) in [6.07, 6.45) is 4.18. The number of thiazole rings is 1. The van der Waals surface area contributed by atoms with Gasteiger partial charge in [0, 0.05) is 38.3 Å². The highest BCUT2D eigenvalue weighted by molar-refractivity contribution is 7.21. The van der Waals surface area contributed by atoms with Crippen LogP contribution < -0.4 is 10.6 Å². The van der Waals surface area contributed by atoms with Crippen LogP contribution >= 0.6 is 11.3 Å². The van der Waals surface area contributed by atoms with E-state index in [1.54, 1.807) is 11.3 Å². The number of fused-ring (bicyclic) bond motifs is 3. The number of benzene rings is 2. The van der Waals surface area contributed by atoms with Crippen LogP contribution in [0.25, 0.3) is 32.0 Å². The van der Waals surface area contributed by atoms with Crippen molar-refractivity contribution >= 4 is 38.5 Å². The quantitative estimate of drug-likeness (QED) is 0.296. The van der Waals surface area contributed by atoms with Gasteiger partial charge in [0.05, 0.1) is 6.33 Å². The molecule has 7 nitrogen and oxygen atoms in total. The highest BCUT2D eigenvalue weighted by Gasteiger charge is 2.22. The molecule has 1 aliphatic rings. The fourth-order valence-corrected chi connectivity index (χ4v) is 6.31. The molecule has 1 fully saturated rings. The molecule has 0 spiro atoms. The molecule has 37 heavy (non-hydrogen) atoms. The minimum Gasteiger partial charge on any atom is -0.371 e. The van der Waals surface area contributed by atoms with Gasteiger partial charge in [0.15, 0.2) is 5.82 Å². The number of nitrogens with zero attached hydrogens (tertiary/aromatic N) is 5. The number of imidazole rings is 1. The van der Waals surface area contributed by atoms with Gasteiger partial charge in [-0.25, -0.2) is 15.0 Å². The minimum atomic E-state index is 0.276. The number of aromatic nitrogens is 4. The number of hydrogen-bond donors (Lipinski definition) is 2. The summed E-state index contributed by atoms with van der Waals surface area (Å²) in [5, 5.41) is 8.06. The molecule has 1 aliphatic heterocycles. The van der Waals surface area contributed by atoms with E-state index in [1.807, 2.05) is 25.0 Å². The molecule has 0 saturated carbocycles.